The maximum Gasteiger partial charge on any atom is 0.261 e. The van der Waals surface area contributed by atoms with Crippen LogP contribution in [0.3, 0.4) is 0 Å². The van der Waals surface area contributed by atoms with E-state index in [1.807, 2.05) is 18.7 Å². The Kier molecular flexibility index (Phi) is 6.49. The van der Waals surface area contributed by atoms with E-state index in [0.29, 0.717) is 32.8 Å². The van der Waals surface area contributed by atoms with Crippen LogP contribution >= 0.6 is 11.6 Å². The summed E-state index contributed by atoms with van der Waals surface area (Å²) >= 11 is 6.75. The lowest BCUT2D eigenvalue weighted by Gasteiger charge is -2.41. The number of hydrogen-bond donors (Lipinski definition) is 1. The minimum Gasteiger partial charge on any atom is -0.507 e. The summed E-state index contributed by atoms with van der Waals surface area (Å²) in [5.74, 6) is -1.24. The number of carbonyl (C=O) groups is 2. The van der Waals surface area contributed by atoms with Crippen LogP contribution in [0, 0.1) is 5.82 Å². The minimum atomic E-state index is -0.710. The van der Waals surface area contributed by atoms with Crippen molar-refractivity contribution in [1.29, 1.82) is 0 Å². The number of hydrogen-bond acceptors (Lipinski definition) is 7. The van der Waals surface area contributed by atoms with Crippen molar-refractivity contribution in [3.63, 3.8) is 0 Å². The summed E-state index contributed by atoms with van der Waals surface area (Å²) in [4.78, 5) is 36.1. The van der Waals surface area contributed by atoms with E-state index in [4.69, 9.17) is 21.1 Å². The molecule has 1 aromatic heterocycles. The molecule has 196 valence electrons. The molecular weight excluding hydrogens is 503 g/mol. The molecule has 2 aromatic rings. The van der Waals surface area contributed by atoms with Crippen LogP contribution in [0.2, 0.25) is 5.02 Å². The van der Waals surface area contributed by atoms with Gasteiger partial charge in [0, 0.05) is 32.7 Å². The summed E-state index contributed by atoms with van der Waals surface area (Å²) in [6.07, 6.45) is 1.25. The van der Waals surface area contributed by atoms with Crippen molar-refractivity contribution in [2.24, 2.45) is 0 Å². The van der Waals surface area contributed by atoms with Gasteiger partial charge in [-0.3, -0.25) is 9.59 Å². The number of piperazine rings is 1. The van der Waals surface area contributed by atoms with Gasteiger partial charge in [0.2, 0.25) is 5.91 Å². The molecular formula is C26H28ClFN4O5. The Morgan fingerprint density at radius 1 is 1.30 bits per heavy atom. The number of nitrogens with zero attached hydrogens (tertiary/aromatic N) is 4. The molecule has 2 amide bonds. The summed E-state index contributed by atoms with van der Waals surface area (Å²) in [7, 11) is 0. The number of carbonyl (C=O) groups excluding carboxylic acids is 2. The standard InChI is InChI=1S/C26H28ClFN4O5/c1-4-18(34)30-8-9-32-15(12-30)13-36-23-20(25(32)35)24(31-10-11-37-26(2,3)14-31)29-22(21(23)27)19-16(28)6-5-7-17(19)33/h4-7,15,33H,1,8-14H2,2-3H3/t15-/m0/s1. The number of aromatic hydroxyl groups is 1. The first-order valence-corrected chi connectivity index (χ1v) is 12.4. The number of ether oxygens (including phenoxy) is 2. The van der Waals surface area contributed by atoms with Crippen molar-refractivity contribution in [1.82, 2.24) is 14.8 Å². The zero-order chi connectivity index (χ0) is 26.5. The number of aromatic nitrogens is 1. The molecule has 37 heavy (non-hydrogen) atoms. The average molecular weight is 531 g/mol. The monoisotopic (exact) mass is 530 g/mol. The molecule has 9 nitrogen and oxygen atoms in total. The van der Waals surface area contributed by atoms with E-state index in [2.05, 4.69) is 11.6 Å². The minimum absolute atomic E-state index is 0.0218. The van der Waals surface area contributed by atoms with Gasteiger partial charge < -0.3 is 29.3 Å². The molecule has 5 rings (SSSR count). The van der Waals surface area contributed by atoms with Crippen LogP contribution < -0.4 is 9.64 Å². The predicted molar refractivity (Wildman–Crippen MR) is 136 cm³/mol. The summed E-state index contributed by atoms with van der Waals surface area (Å²) < 4.78 is 26.9. The van der Waals surface area contributed by atoms with E-state index in [0.717, 1.165) is 0 Å². The van der Waals surface area contributed by atoms with Gasteiger partial charge in [-0.25, -0.2) is 9.37 Å². The van der Waals surface area contributed by atoms with E-state index >= 15 is 0 Å². The molecule has 3 aliphatic rings. The number of rotatable bonds is 3. The van der Waals surface area contributed by atoms with Gasteiger partial charge in [-0.1, -0.05) is 24.2 Å². The fraction of sp³-hybridized carbons (Fsp3) is 0.423. The first-order chi connectivity index (χ1) is 17.6. The molecule has 11 heteroatoms. The predicted octanol–water partition coefficient (Wildman–Crippen LogP) is 3.09. The zero-order valence-electron chi connectivity index (χ0n) is 20.7. The van der Waals surface area contributed by atoms with Gasteiger partial charge in [-0.15, -0.1) is 0 Å². The highest BCUT2D eigenvalue weighted by Gasteiger charge is 2.42. The third-order valence-corrected chi connectivity index (χ3v) is 7.24. The topological polar surface area (TPSA) is 95.4 Å². The lowest BCUT2D eigenvalue weighted by atomic mass is 10.0. The number of fused-ring (bicyclic) bond motifs is 2. The Balaban J connectivity index is 1.67. The summed E-state index contributed by atoms with van der Waals surface area (Å²) in [6.45, 7) is 9.65. The third-order valence-electron chi connectivity index (χ3n) is 6.89. The van der Waals surface area contributed by atoms with Gasteiger partial charge in [0.1, 0.15) is 40.3 Å². The largest absolute Gasteiger partial charge is 0.507 e. The van der Waals surface area contributed by atoms with Crippen molar-refractivity contribution in [2.45, 2.75) is 25.5 Å². The first kappa shape index (κ1) is 25.3. The molecule has 0 spiro atoms. The molecule has 1 atom stereocenters. The average Bonchev–Trinajstić information content (AvgIpc) is 3.00. The number of halogens is 2. The number of phenols is 1. The Bertz CT molecular complexity index is 1270. The van der Waals surface area contributed by atoms with E-state index in [-0.39, 0.29) is 64.1 Å². The fourth-order valence-electron chi connectivity index (χ4n) is 5.11. The van der Waals surface area contributed by atoms with Crippen LogP contribution in [0.1, 0.15) is 24.2 Å². The van der Waals surface area contributed by atoms with Crippen molar-refractivity contribution in [3.8, 4) is 22.8 Å². The molecule has 0 aliphatic carbocycles. The van der Waals surface area contributed by atoms with Gasteiger partial charge in [0.15, 0.2) is 5.75 Å². The van der Waals surface area contributed by atoms with E-state index in [1.54, 1.807) is 9.80 Å². The van der Waals surface area contributed by atoms with Gasteiger partial charge >= 0.3 is 0 Å². The summed E-state index contributed by atoms with van der Waals surface area (Å²) in [5.41, 5.74) is -0.551. The van der Waals surface area contributed by atoms with E-state index < -0.39 is 17.5 Å². The van der Waals surface area contributed by atoms with E-state index in [9.17, 15) is 19.1 Å². The van der Waals surface area contributed by atoms with Crippen LogP contribution in [-0.4, -0.2) is 89.3 Å². The van der Waals surface area contributed by atoms with Crippen LogP contribution in [0.25, 0.3) is 11.3 Å². The van der Waals surface area contributed by atoms with Gasteiger partial charge in [-0.05, 0) is 32.1 Å². The second-order valence-electron chi connectivity index (χ2n) is 9.92. The molecule has 0 saturated carbocycles. The van der Waals surface area contributed by atoms with Crippen molar-refractivity contribution < 1.29 is 28.6 Å². The van der Waals surface area contributed by atoms with Crippen molar-refractivity contribution in [3.05, 3.63) is 47.3 Å². The summed E-state index contributed by atoms with van der Waals surface area (Å²) in [5, 5.41) is 10.4. The smallest absolute Gasteiger partial charge is 0.261 e. The van der Waals surface area contributed by atoms with Crippen LogP contribution in [0.15, 0.2) is 30.9 Å². The number of anilines is 1. The lowest BCUT2D eigenvalue weighted by Crippen LogP contribution is -2.57. The third kappa shape index (κ3) is 4.48. The number of benzene rings is 1. The van der Waals surface area contributed by atoms with Crippen molar-refractivity contribution >= 4 is 29.2 Å². The number of phenolic OH excluding ortho intramolecular Hbond substituents is 1. The maximum atomic E-state index is 14.9. The van der Waals surface area contributed by atoms with Crippen molar-refractivity contribution in [2.75, 3.05) is 50.8 Å². The van der Waals surface area contributed by atoms with E-state index in [1.165, 1.54) is 24.3 Å². The Labute approximate surface area is 219 Å². The number of morpholine rings is 1. The Morgan fingerprint density at radius 2 is 2.08 bits per heavy atom. The second kappa shape index (κ2) is 9.50. The maximum absolute atomic E-state index is 14.9. The van der Waals surface area contributed by atoms with Crippen LogP contribution in [0.5, 0.6) is 11.5 Å². The van der Waals surface area contributed by atoms with Gasteiger partial charge in [-0.2, -0.15) is 0 Å². The Hall–Kier alpha value is -3.37. The second-order valence-corrected chi connectivity index (χ2v) is 10.3. The molecule has 3 aliphatic heterocycles. The quantitative estimate of drug-likeness (QED) is 0.609. The molecule has 0 bridgehead atoms. The summed E-state index contributed by atoms with van der Waals surface area (Å²) in [6, 6.07) is 3.50. The lowest BCUT2D eigenvalue weighted by molar-refractivity contribution is -0.128. The number of amides is 2. The fourth-order valence-corrected chi connectivity index (χ4v) is 5.40. The van der Waals surface area contributed by atoms with Crippen LogP contribution in [0.4, 0.5) is 10.2 Å². The zero-order valence-corrected chi connectivity index (χ0v) is 21.4. The molecule has 1 aromatic carbocycles. The normalized spacial score (nSPS) is 21.0. The highest BCUT2D eigenvalue weighted by atomic mass is 35.5. The molecule has 0 radical (unpaired) electrons. The SMILES string of the molecule is C=CC(=O)N1CCN2C(=O)c3c(N4CCOC(C)(C)C4)nc(-c4c(O)cccc4F)c(Cl)c3OC[C@@H]2C1. The van der Waals surface area contributed by atoms with Gasteiger partial charge in [0.25, 0.3) is 5.91 Å². The Morgan fingerprint density at radius 3 is 2.78 bits per heavy atom. The molecule has 2 fully saturated rings. The first-order valence-electron chi connectivity index (χ1n) is 12.1. The van der Waals surface area contributed by atoms with Crippen LogP contribution in [-0.2, 0) is 9.53 Å². The highest BCUT2D eigenvalue weighted by molar-refractivity contribution is 6.35. The number of pyridine rings is 1. The highest BCUT2D eigenvalue weighted by Crippen LogP contribution is 2.46. The molecule has 4 heterocycles. The molecule has 0 unspecified atom stereocenters. The molecule has 1 N–H and O–H groups in total. The van der Waals surface area contributed by atoms with Gasteiger partial charge in [0.05, 0.1) is 23.8 Å². The molecule has 2 saturated heterocycles.